The highest BCUT2D eigenvalue weighted by atomic mass is 35.5. The molecule has 0 unspecified atom stereocenters. The Labute approximate surface area is 141 Å². The topological polar surface area (TPSA) is 75.4 Å². The normalized spacial score (nSPS) is 15.0. The van der Waals surface area contributed by atoms with Crippen LogP contribution in [-0.2, 0) is 22.7 Å². The number of nitrogens with one attached hydrogen (secondary N) is 1. The Morgan fingerprint density at radius 2 is 2.00 bits per heavy atom. The summed E-state index contributed by atoms with van der Waals surface area (Å²) in [6, 6.07) is 4.62. The largest absolute Gasteiger partial charge is 0.344 e. The predicted molar refractivity (Wildman–Crippen MR) is 88.4 cm³/mol. The quantitative estimate of drug-likeness (QED) is 0.818. The molecule has 0 bridgehead atoms. The zero-order valence-corrected chi connectivity index (χ0v) is 14.0. The molecule has 0 aliphatic carbocycles. The number of carbonyl (C=O) groups is 2. The van der Waals surface area contributed by atoms with E-state index >= 15 is 0 Å². The van der Waals surface area contributed by atoms with Gasteiger partial charge in [0.05, 0.1) is 0 Å². The summed E-state index contributed by atoms with van der Waals surface area (Å²) in [6.45, 7) is 3.59. The van der Waals surface area contributed by atoms with Crippen LogP contribution in [0.25, 0.3) is 0 Å². The van der Waals surface area contributed by atoms with Gasteiger partial charge in [-0.05, 0) is 30.4 Å². The lowest BCUT2D eigenvalue weighted by Gasteiger charge is -2.29. The van der Waals surface area contributed by atoms with Crippen LogP contribution in [0.2, 0.25) is 0 Å². The zero-order chi connectivity index (χ0) is 16.1. The number of hydrogen-bond acceptors (Lipinski definition) is 3. The predicted octanol–water partition coefficient (Wildman–Crippen LogP) is 1.58. The van der Waals surface area contributed by atoms with Crippen molar-refractivity contribution in [1.82, 2.24) is 10.2 Å². The summed E-state index contributed by atoms with van der Waals surface area (Å²) in [6.07, 6.45) is 1.82. The molecule has 2 rings (SSSR count). The van der Waals surface area contributed by atoms with E-state index < -0.39 is 17.6 Å². The Balaban J connectivity index is 0.00000264. The summed E-state index contributed by atoms with van der Waals surface area (Å²) in [5.41, 5.74) is 6.46. The Morgan fingerprint density at radius 3 is 2.57 bits per heavy atom. The van der Waals surface area contributed by atoms with Gasteiger partial charge in [0.25, 0.3) is 0 Å². The summed E-state index contributed by atoms with van der Waals surface area (Å²) < 4.78 is 13.8. The van der Waals surface area contributed by atoms with Crippen molar-refractivity contribution in [3.63, 3.8) is 0 Å². The molecule has 7 heteroatoms. The Morgan fingerprint density at radius 1 is 1.35 bits per heavy atom. The second-order valence-electron chi connectivity index (χ2n) is 5.79. The van der Waals surface area contributed by atoms with E-state index in [1.54, 1.807) is 17.0 Å². The summed E-state index contributed by atoms with van der Waals surface area (Å²) in [5, 5.41) is 2.48. The van der Waals surface area contributed by atoms with E-state index in [0.29, 0.717) is 30.1 Å². The summed E-state index contributed by atoms with van der Waals surface area (Å²) in [5.74, 6) is -1.06. The summed E-state index contributed by atoms with van der Waals surface area (Å²) >= 11 is 0. The molecule has 0 saturated carbocycles. The van der Waals surface area contributed by atoms with Gasteiger partial charge in [-0.3, -0.25) is 9.59 Å². The molecule has 1 aromatic carbocycles. The number of rotatable bonds is 3. The first-order valence-corrected chi connectivity index (χ1v) is 7.55. The van der Waals surface area contributed by atoms with Crippen molar-refractivity contribution in [2.24, 2.45) is 11.7 Å². The van der Waals surface area contributed by atoms with E-state index in [9.17, 15) is 14.0 Å². The lowest BCUT2D eigenvalue weighted by atomic mass is 9.99. The number of carbonyl (C=O) groups excluding carboxylic acids is 2. The zero-order valence-electron chi connectivity index (χ0n) is 13.2. The van der Waals surface area contributed by atoms with Crippen LogP contribution in [0.3, 0.4) is 0 Å². The molecule has 3 N–H and O–H groups in total. The van der Waals surface area contributed by atoms with E-state index in [2.05, 4.69) is 12.2 Å². The number of nitrogens with zero attached hydrogens (tertiary/aromatic N) is 1. The number of hydrogen-bond donors (Lipinski definition) is 2. The molecule has 0 spiro atoms. The highest BCUT2D eigenvalue weighted by molar-refractivity contribution is 6.34. The van der Waals surface area contributed by atoms with E-state index in [1.165, 1.54) is 6.07 Å². The standard InChI is InChI=1S/C16H22FN3O2.ClH/c1-11-4-6-20(7-5-11)16(22)15(21)19-10-13-3-2-12(9-18)8-14(13)17;/h2-3,8,11H,4-7,9-10,18H2,1H3,(H,19,21);1H. The van der Waals surface area contributed by atoms with E-state index in [4.69, 9.17) is 5.73 Å². The number of amides is 2. The smallest absolute Gasteiger partial charge is 0.311 e. The van der Waals surface area contributed by atoms with Crippen molar-refractivity contribution < 1.29 is 14.0 Å². The van der Waals surface area contributed by atoms with E-state index in [1.807, 2.05) is 0 Å². The van der Waals surface area contributed by atoms with Gasteiger partial charge < -0.3 is 16.0 Å². The highest BCUT2D eigenvalue weighted by Gasteiger charge is 2.25. The van der Waals surface area contributed by atoms with Gasteiger partial charge >= 0.3 is 11.8 Å². The molecule has 128 valence electrons. The van der Waals surface area contributed by atoms with Crippen molar-refractivity contribution >= 4 is 24.2 Å². The number of nitrogens with two attached hydrogens (primary N) is 1. The van der Waals surface area contributed by atoms with Crippen LogP contribution in [0.15, 0.2) is 18.2 Å². The number of piperidine rings is 1. The maximum atomic E-state index is 13.8. The first-order valence-electron chi connectivity index (χ1n) is 7.55. The van der Waals surface area contributed by atoms with Crippen molar-refractivity contribution in [3.05, 3.63) is 35.1 Å². The van der Waals surface area contributed by atoms with E-state index in [0.717, 1.165) is 12.8 Å². The fourth-order valence-corrected chi connectivity index (χ4v) is 2.47. The summed E-state index contributed by atoms with van der Waals surface area (Å²) in [7, 11) is 0. The SMILES string of the molecule is CC1CCN(C(=O)C(=O)NCc2ccc(CN)cc2F)CC1.Cl. The Kier molecular flexibility index (Phi) is 7.45. The van der Waals surface area contributed by atoms with Gasteiger partial charge in [-0.25, -0.2) is 4.39 Å². The van der Waals surface area contributed by atoms with Crippen molar-refractivity contribution in [3.8, 4) is 0 Å². The molecule has 23 heavy (non-hydrogen) atoms. The molecule has 1 heterocycles. The molecule has 1 aromatic rings. The van der Waals surface area contributed by atoms with Gasteiger partial charge in [-0.2, -0.15) is 0 Å². The van der Waals surface area contributed by atoms with E-state index in [-0.39, 0.29) is 25.5 Å². The molecule has 1 saturated heterocycles. The third-order valence-corrected chi connectivity index (χ3v) is 4.06. The van der Waals surface area contributed by atoms with Crippen LogP contribution in [-0.4, -0.2) is 29.8 Å². The Hall–Kier alpha value is -1.66. The third kappa shape index (κ3) is 5.18. The molecule has 0 atom stereocenters. The molecule has 0 radical (unpaired) electrons. The molecule has 0 aromatic heterocycles. The first kappa shape index (κ1) is 19.4. The molecule has 1 aliphatic rings. The first-order chi connectivity index (χ1) is 10.5. The van der Waals surface area contributed by atoms with Crippen LogP contribution in [0, 0.1) is 11.7 Å². The average Bonchev–Trinajstić information content (AvgIpc) is 2.53. The fourth-order valence-electron chi connectivity index (χ4n) is 2.47. The highest BCUT2D eigenvalue weighted by Crippen LogP contribution is 2.16. The van der Waals surface area contributed by atoms with Gasteiger partial charge in [0.1, 0.15) is 5.82 Å². The minimum Gasteiger partial charge on any atom is -0.344 e. The van der Waals surface area contributed by atoms with Crippen LogP contribution < -0.4 is 11.1 Å². The van der Waals surface area contributed by atoms with Crippen molar-refractivity contribution in [2.75, 3.05) is 13.1 Å². The minimum absolute atomic E-state index is 0. The van der Waals surface area contributed by atoms with Crippen molar-refractivity contribution in [1.29, 1.82) is 0 Å². The molecule has 2 amide bonds. The molecule has 1 fully saturated rings. The lowest BCUT2D eigenvalue weighted by molar-refractivity contribution is -0.146. The fraction of sp³-hybridized carbons (Fsp3) is 0.500. The van der Waals surface area contributed by atoms with Gasteiger partial charge in [-0.15, -0.1) is 12.4 Å². The maximum absolute atomic E-state index is 13.8. The van der Waals surface area contributed by atoms with Gasteiger partial charge in [-0.1, -0.05) is 19.1 Å². The summed E-state index contributed by atoms with van der Waals surface area (Å²) in [4.78, 5) is 25.5. The maximum Gasteiger partial charge on any atom is 0.311 e. The lowest BCUT2D eigenvalue weighted by Crippen LogP contribution is -2.46. The second-order valence-corrected chi connectivity index (χ2v) is 5.79. The van der Waals surface area contributed by atoms with Crippen LogP contribution in [0.4, 0.5) is 4.39 Å². The van der Waals surface area contributed by atoms with Gasteiger partial charge in [0.2, 0.25) is 0 Å². The molecular weight excluding hydrogens is 321 g/mol. The minimum atomic E-state index is -0.683. The van der Waals surface area contributed by atoms with Crippen LogP contribution in [0.1, 0.15) is 30.9 Å². The van der Waals surface area contributed by atoms with Crippen molar-refractivity contribution in [2.45, 2.75) is 32.9 Å². The van der Waals surface area contributed by atoms with Gasteiger partial charge in [0.15, 0.2) is 0 Å². The monoisotopic (exact) mass is 343 g/mol. The average molecular weight is 344 g/mol. The Bertz CT molecular complexity index is 560. The van der Waals surface area contributed by atoms with Crippen LogP contribution in [0.5, 0.6) is 0 Å². The molecule has 5 nitrogen and oxygen atoms in total. The number of benzene rings is 1. The van der Waals surface area contributed by atoms with Crippen LogP contribution >= 0.6 is 12.4 Å². The molecule has 1 aliphatic heterocycles. The molecular formula is C16H23ClFN3O2. The van der Waals surface area contributed by atoms with Gasteiger partial charge in [0, 0.05) is 31.7 Å². The third-order valence-electron chi connectivity index (χ3n) is 4.06. The number of halogens is 2. The second kappa shape index (κ2) is 8.84. The number of likely N-dealkylation sites (tertiary alicyclic amines) is 1.